The maximum Gasteiger partial charge on any atom is 0.334 e. The number of carbonyl (C=O) groups excluding carboxylic acids is 1. The van der Waals surface area contributed by atoms with E-state index in [1.807, 2.05) is 42.5 Å². The molecule has 0 unspecified atom stereocenters. The fourth-order valence-electron chi connectivity index (χ4n) is 3.15. The van der Waals surface area contributed by atoms with Crippen LogP contribution in [0.2, 0.25) is 0 Å². The quantitative estimate of drug-likeness (QED) is 0.513. The summed E-state index contributed by atoms with van der Waals surface area (Å²) in [5.41, 5.74) is 2.07. The van der Waals surface area contributed by atoms with E-state index in [0.717, 1.165) is 16.3 Å². The molecule has 0 spiro atoms. The highest BCUT2D eigenvalue weighted by Crippen LogP contribution is 2.32. The van der Waals surface area contributed by atoms with Crippen LogP contribution in [0.4, 0.5) is 0 Å². The number of aliphatic carboxylic acids is 1. The SMILES string of the molecule is COC(=O)/C(CC(=O)O)=C(/c1ccc(OC)cc1)c1ccc2ccccc2c1. The number of methoxy groups -OCH3 is 2. The van der Waals surface area contributed by atoms with Gasteiger partial charge in [-0.05, 0) is 45.7 Å². The van der Waals surface area contributed by atoms with Crippen LogP contribution in [0.15, 0.2) is 72.3 Å². The van der Waals surface area contributed by atoms with Crippen LogP contribution in [0.3, 0.4) is 0 Å². The van der Waals surface area contributed by atoms with Crippen LogP contribution >= 0.6 is 0 Å². The van der Waals surface area contributed by atoms with Gasteiger partial charge in [-0.3, -0.25) is 4.79 Å². The first-order valence-electron chi connectivity index (χ1n) is 8.70. The second-order valence-electron chi connectivity index (χ2n) is 6.21. The molecule has 0 heterocycles. The molecule has 0 amide bonds. The topological polar surface area (TPSA) is 72.8 Å². The maximum absolute atomic E-state index is 12.5. The van der Waals surface area contributed by atoms with Gasteiger partial charge in [0.15, 0.2) is 0 Å². The lowest BCUT2D eigenvalue weighted by Crippen LogP contribution is -2.12. The summed E-state index contributed by atoms with van der Waals surface area (Å²) in [6.07, 6.45) is -0.444. The van der Waals surface area contributed by atoms with Gasteiger partial charge in [-0.25, -0.2) is 4.79 Å². The van der Waals surface area contributed by atoms with Crippen LogP contribution in [0.5, 0.6) is 5.75 Å². The molecule has 0 aromatic heterocycles. The Kier molecular flexibility index (Phi) is 5.75. The summed E-state index contributed by atoms with van der Waals surface area (Å²) in [5.74, 6) is -1.10. The van der Waals surface area contributed by atoms with Crippen LogP contribution in [0.1, 0.15) is 17.5 Å². The number of ether oxygens (including phenoxy) is 2. The Morgan fingerprint density at radius 1 is 0.857 bits per heavy atom. The predicted molar refractivity (Wildman–Crippen MR) is 107 cm³/mol. The molecule has 0 atom stereocenters. The van der Waals surface area contributed by atoms with Crippen molar-refractivity contribution in [2.45, 2.75) is 6.42 Å². The Labute approximate surface area is 162 Å². The first kappa shape index (κ1) is 19.2. The molecular weight excluding hydrogens is 356 g/mol. The molecule has 1 N–H and O–H groups in total. The van der Waals surface area contributed by atoms with Crippen LogP contribution in [0, 0.1) is 0 Å². The largest absolute Gasteiger partial charge is 0.497 e. The summed E-state index contributed by atoms with van der Waals surface area (Å²) < 4.78 is 10.1. The zero-order valence-electron chi connectivity index (χ0n) is 15.6. The van der Waals surface area contributed by atoms with Crippen molar-refractivity contribution in [2.75, 3.05) is 14.2 Å². The van der Waals surface area contributed by atoms with E-state index < -0.39 is 18.4 Å². The number of carbonyl (C=O) groups is 2. The Bertz CT molecular complexity index is 1050. The summed E-state index contributed by atoms with van der Waals surface area (Å²) in [5, 5.41) is 11.4. The van der Waals surface area contributed by atoms with E-state index in [9.17, 15) is 14.7 Å². The lowest BCUT2D eigenvalue weighted by Gasteiger charge is -2.15. The van der Waals surface area contributed by atoms with Gasteiger partial charge in [0.25, 0.3) is 0 Å². The first-order chi connectivity index (χ1) is 13.5. The Morgan fingerprint density at radius 3 is 2.11 bits per heavy atom. The highest BCUT2D eigenvalue weighted by molar-refractivity contribution is 6.05. The third-order valence-corrected chi connectivity index (χ3v) is 4.48. The van der Waals surface area contributed by atoms with Gasteiger partial charge in [0.05, 0.1) is 26.2 Å². The Morgan fingerprint density at radius 2 is 1.50 bits per heavy atom. The lowest BCUT2D eigenvalue weighted by molar-refractivity contribution is -0.141. The number of hydrogen-bond donors (Lipinski definition) is 1. The molecule has 0 aliphatic rings. The number of esters is 1. The summed E-state index contributed by atoms with van der Waals surface area (Å²) in [6, 6.07) is 20.8. The van der Waals surface area contributed by atoms with Crippen LogP contribution in [-0.2, 0) is 14.3 Å². The number of carboxylic acids is 1. The number of hydrogen-bond acceptors (Lipinski definition) is 4. The van der Waals surface area contributed by atoms with Crippen molar-refractivity contribution in [1.82, 2.24) is 0 Å². The van der Waals surface area contributed by atoms with Gasteiger partial charge in [-0.2, -0.15) is 0 Å². The van der Waals surface area contributed by atoms with Gasteiger partial charge in [-0.1, -0.05) is 48.5 Å². The molecule has 0 saturated heterocycles. The van der Waals surface area contributed by atoms with E-state index in [1.165, 1.54) is 7.11 Å². The molecule has 0 fully saturated rings. The molecule has 3 aromatic carbocycles. The summed E-state index contributed by atoms with van der Waals surface area (Å²) in [7, 11) is 2.82. The van der Waals surface area contributed by atoms with Crippen molar-refractivity contribution in [2.24, 2.45) is 0 Å². The van der Waals surface area contributed by atoms with Gasteiger partial charge >= 0.3 is 11.9 Å². The Balaban J connectivity index is 2.28. The molecule has 0 aliphatic carbocycles. The highest BCUT2D eigenvalue weighted by atomic mass is 16.5. The number of rotatable bonds is 6. The minimum atomic E-state index is -1.10. The highest BCUT2D eigenvalue weighted by Gasteiger charge is 2.22. The third-order valence-electron chi connectivity index (χ3n) is 4.48. The van der Waals surface area contributed by atoms with E-state index in [0.29, 0.717) is 16.9 Å². The molecular formula is C23H20O5. The number of fused-ring (bicyclic) bond motifs is 1. The second-order valence-corrected chi connectivity index (χ2v) is 6.21. The standard InChI is InChI=1S/C23H20O5/c1-27-19-11-9-16(10-12-19)22(20(14-21(24)25)23(26)28-2)18-8-7-15-5-3-4-6-17(15)13-18/h3-13H,14H2,1-2H3,(H,24,25)/b22-20-. The molecule has 0 saturated carbocycles. The van der Waals surface area contributed by atoms with Crippen molar-refractivity contribution in [1.29, 1.82) is 0 Å². The molecule has 0 radical (unpaired) electrons. The molecule has 5 heteroatoms. The van der Waals surface area contributed by atoms with E-state index in [-0.39, 0.29) is 5.57 Å². The number of benzene rings is 3. The third kappa shape index (κ3) is 4.04. The van der Waals surface area contributed by atoms with E-state index in [1.54, 1.807) is 31.4 Å². The number of carboxylic acid groups (broad SMARTS) is 1. The predicted octanol–water partition coefficient (Wildman–Crippen LogP) is 4.30. The Hall–Kier alpha value is -3.60. The van der Waals surface area contributed by atoms with Crippen molar-refractivity contribution >= 4 is 28.3 Å². The molecule has 142 valence electrons. The summed E-state index contributed by atoms with van der Waals surface area (Å²) >= 11 is 0. The van der Waals surface area contributed by atoms with Gasteiger partial charge in [0.2, 0.25) is 0 Å². The molecule has 5 nitrogen and oxygen atoms in total. The van der Waals surface area contributed by atoms with Crippen LogP contribution in [0.25, 0.3) is 16.3 Å². The molecule has 0 bridgehead atoms. The van der Waals surface area contributed by atoms with Crippen LogP contribution < -0.4 is 4.74 Å². The molecule has 28 heavy (non-hydrogen) atoms. The van der Waals surface area contributed by atoms with E-state index in [4.69, 9.17) is 9.47 Å². The molecule has 3 aromatic rings. The smallest absolute Gasteiger partial charge is 0.334 e. The van der Waals surface area contributed by atoms with Crippen molar-refractivity contribution in [3.05, 3.63) is 83.4 Å². The minimum absolute atomic E-state index is 0.0930. The average Bonchev–Trinajstić information content (AvgIpc) is 2.72. The molecule has 3 rings (SSSR count). The van der Waals surface area contributed by atoms with Gasteiger partial charge in [0, 0.05) is 0 Å². The fraction of sp³-hybridized carbons (Fsp3) is 0.130. The summed E-state index contributed by atoms with van der Waals surface area (Å²) in [4.78, 5) is 23.9. The average molecular weight is 376 g/mol. The van der Waals surface area contributed by atoms with Gasteiger partial charge in [-0.15, -0.1) is 0 Å². The lowest BCUT2D eigenvalue weighted by atomic mass is 9.90. The maximum atomic E-state index is 12.5. The zero-order valence-corrected chi connectivity index (χ0v) is 15.6. The summed E-state index contributed by atoms with van der Waals surface area (Å²) in [6.45, 7) is 0. The zero-order chi connectivity index (χ0) is 20.1. The molecule has 0 aliphatic heterocycles. The van der Waals surface area contributed by atoms with Crippen molar-refractivity contribution in [3.63, 3.8) is 0 Å². The fourth-order valence-corrected chi connectivity index (χ4v) is 3.15. The first-order valence-corrected chi connectivity index (χ1v) is 8.70. The van der Waals surface area contributed by atoms with E-state index >= 15 is 0 Å². The van der Waals surface area contributed by atoms with Gasteiger partial charge in [0.1, 0.15) is 5.75 Å². The van der Waals surface area contributed by atoms with Crippen molar-refractivity contribution in [3.8, 4) is 5.75 Å². The minimum Gasteiger partial charge on any atom is -0.497 e. The normalized spacial score (nSPS) is 11.6. The van der Waals surface area contributed by atoms with Crippen LogP contribution in [-0.4, -0.2) is 31.3 Å². The van der Waals surface area contributed by atoms with Crippen molar-refractivity contribution < 1.29 is 24.2 Å². The monoisotopic (exact) mass is 376 g/mol. The van der Waals surface area contributed by atoms with E-state index in [2.05, 4.69) is 0 Å². The second kappa shape index (κ2) is 8.39. The van der Waals surface area contributed by atoms with Gasteiger partial charge < -0.3 is 14.6 Å².